The number of rotatable bonds is 8. The molecule has 1 amide bonds. The highest BCUT2D eigenvalue weighted by molar-refractivity contribution is 7.89. The van der Waals surface area contributed by atoms with Crippen molar-refractivity contribution in [1.82, 2.24) is 10.0 Å². The van der Waals surface area contributed by atoms with E-state index in [0.29, 0.717) is 0 Å². The first-order chi connectivity index (χ1) is 12.3. The predicted molar refractivity (Wildman–Crippen MR) is 98.4 cm³/mol. The molecule has 0 saturated heterocycles. The Morgan fingerprint density at radius 1 is 1.08 bits per heavy atom. The van der Waals surface area contributed by atoms with Crippen LogP contribution in [0.25, 0.3) is 0 Å². The molecule has 0 spiro atoms. The molecule has 2 rings (SSSR count). The van der Waals surface area contributed by atoms with Gasteiger partial charge in [0, 0.05) is 0 Å². The molecule has 0 unspecified atom stereocenters. The fraction of sp³-hybridized carbons (Fsp3) is 0.316. The molecule has 0 fully saturated rings. The Morgan fingerprint density at radius 2 is 1.69 bits per heavy atom. The Hall–Kier alpha value is -2.25. The number of carbonyl (C=O) groups is 1. The summed E-state index contributed by atoms with van der Waals surface area (Å²) in [6.45, 7) is 3.44. The van der Waals surface area contributed by atoms with Crippen LogP contribution in [-0.4, -0.2) is 20.4 Å². The van der Waals surface area contributed by atoms with E-state index in [1.807, 2.05) is 37.3 Å². The summed E-state index contributed by atoms with van der Waals surface area (Å²) < 4.78 is 40.6. The normalized spacial score (nSPS) is 13.8. The maximum Gasteiger partial charge on any atom is 0.244 e. The standard InChI is InChI=1S/C19H23FN2O3S/c1-3-9-17(15-10-5-4-6-11-15)21-19(23)14(2)22-26(24,25)18-13-8-7-12-16(18)20/h4-8,10-14,17,22H,3,9H2,1-2H3,(H,21,23)/t14-,17-/m1/s1. The average molecular weight is 378 g/mol. The van der Waals surface area contributed by atoms with Crippen LogP contribution in [0, 0.1) is 5.82 Å². The Balaban J connectivity index is 2.10. The number of carbonyl (C=O) groups excluding carboxylic acids is 1. The molecular formula is C19H23FN2O3S. The molecule has 0 aliphatic rings. The number of amides is 1. The highest BCUT2D eigenvalue weighted by Gasteiger charge is 2.25. The first kappa shape index (κ1) is 20.1. The minimum atomic E-state index is -4.13. The number of hydrogen-bond acceptors (Lipinski definition) is 3. The van der Waals surface area contributed by atoms with E-state index in [1.54, 1.807) is 0 Å². The molecule has 0 aliphatic heterocycles. The maximum absolute atomic E-state index is 13.7. The van der Waals surface area contributed by atoms with Gasteiger partial charge in [0.25, 0.3) is 0 Å². The lowest BCUT2D eigenvalue weighted by atomic mass is 10.0. The zero-order valence-electron chi connectivity index (χ0n) is 14.8. The highest BCUT2D eigenvalue weighted by Crippen LogP contribution is 2.19. The Bertz CT molecular complexity index is 841. The summed E-state index contributed by atoms with van der Waals surface area (Å²) in [5, 5.41) is 2.86. The Kier molecular flexibility index (Phi) is 6.88. The van der Waals surface area contributed by atoms with Crippen molar-refractivity contribution in [3.05, 3.63) is 66.0 Å². The quantitative estimate of drug-likeness (QED) is 0.741. The van der Waals surface area contributed by atoms with E-state index in [0.717, 1.165) is 30.5 Å². The Labute approximate surface area is 153 Å². The number of nitrogens with one attached hydrogen (secondary N) is 2. The summed E-state index contributed by atoms with van der Waals surface area (Å²) in [6.07, 6.45) is 1.58. The van der Waals surface area contributed by atoms with E-state index in [4.69, 9.17) is 0 Å². The molecule has 2 N–H and O–H groups in total. The Morgan fingerprint density at radius 3 is 2.31 bits per heavy atom. The van der Waals surface area contributed by atoms with Crippen molar-refractivity contribution >= 4 is 15.9 Å². The van der Waals surface area contributed by atoms with Crippen LogP contribution in [0.4, 0.5) is 4.39 Å². The molecule has 2 aromatic rings. The smallest absolute Gasteiger partial charge is 0.244 e. The van der Waals surface area contributed by atoms with Crippen LogP contribution in [-0.2, 0) is 14.8 Å². The van der Waals surface area contributed by atoms with E-state index in [9.17, 15) is 17.6 Å². The van der Waals surface area contributed by atoms with Gasteiger partial charge in [0.15, 0.2) is 0 Å². The average Bonchev–Trinajstić information content (AvgIpc) is 2.61. The fourth-order valence-electron chi connectivity index (χ4n) is 2.61. The zero-order chi connectivity index (χ0) is 19.2. The van der Waals surface area contributed by atoms with Crippen molar-refractivity contribution in [2.45, 2.75) is 43.7 Å². The SMILES string of the molecule is CCC[C@@H](NC(=O)[C@@H](C)NS(=O)(=O)c1ccccc1F)c1ccccc1. The summed E-state index contributed by atoms with van der Waals surface area (Å²) in [5.74, 6) is -1.33. The molecule has 7 heteroatoms. The topological polar surface area (TPSA) is 75.3 Å². The van der Waals surface area contributed by atoms with Gasteiger partial charge < -0.3 is 5.32 Å². The van der Waals surface area contributed by atoms with Crippen LogP contribution in [0.5, 0.6) is 0 Å². The summed E-state index contributed by atoms with van der Waals surface area (Å²) >= 11 is 0. The summed E-state index contributed by atoms with van der Waals surface area (Å²) in [4.78, 5) is 12.0. The van der Waals surface area contributed by atoms with Gasteiger partial charge in [-0.2, -0.15) is 4.72 Å². The third-order valence-electron chi connectivity index (χ3n) is 3.95. The molecular weight excluding hydrogens is 355 g/mol. The zero-order valence-corrected chi connectivity index (χ0v) is 15.6. The largest absolute Gasteiger partial charge is 0.348 e. The van der Waals surface area contributed by atoms with Crippen LogP contribution in [0.15, 0.2) is 59.5 Å². The molecule has 2 atom stereocenters. The van der Waals surface area contributed by atoms with Crippen molar-refractivity contribution < 1.29 is 17.6 Å². The van der Waals surface area contributed by atoms with Crippen molar-refractivity contribution in [2.24, 2.45) is 0 Å². The van der Waals surface area contributed by atoms with Gasteiger partial charge in [-0.3, -0.25) is 4.79 Å². The highest BCUT2D eigenvalue weighted by atomic mass is 32.2. The minimum Gasteiger partial charge on any atom is -0.348 e. The van der Waals surface area contributed by atoms with E-state index in [-0.39, 0.29) is 6.04 Å². The molecule has 0 aliphatic carbocycles. The van der Waals surface area contributed by atoms with Gasteiger partial charge in [0.1, 0.15) is 10.7 Å². The predicted octanol–water partition coefficient (Wildman–Crippen LogP) is 3.15. The fourth-order valence-corrected chi connectivity index (χ4v) is 3.89. The second kappa shape index (κ2) is 8.91. The molecule has 140 valence electrons. The summed E-state index contributed by atoms with van der Waals surface area (Å²) in [5.41, 5.74) is 0.951. The van der Waals surface area contributed by atoms with Crippen LogP contribution in [0.3, 0.4) is 0 Å². The number of hydrogen-bond donors (Lipinski definition) is 2. The van der Waals surface area contributed by atoms with Crippen LogP contribution >= 0.6 is 0 Å². The van der Waals surface area contributed by atoms with Crippen molar-refractivity contribution in [3.63, 3.8) is 0 Å². The molecule has 5 nitrogen and oxygen atoms in total. The number of sulfonamides is 1. The third-order valence-corrected chi connectivity index (χ3v) is 5.52. The van der Waals surface area contributed by atoms with Gasteiger partial charge in [-0.25, -0.2) is 12.8 Å². The molecule has 0 saturated carbocycles. The summed E-state index contributed by atoms with van der Waals surface area (Å²) in [6, 6.07) is 13.3. The summed E-state index contributed by atoms with van der Waals surface area (Å²) in [7, 11) is -4.13. The van der Waals surface area contributed by atoms with Gasteiger partial charge >= 0.3 is 0 Å². The van der Waals surface area contributed by atoms with E-state index >= 15 is 0 Å². The van der Waals surface area contributed by atoms with Gasteiger partial charge in [0.2, 0.25) is 15.9 Å². The molecule has 2 aromatic carbocycles. The van der Waals surface area contributed by atoms with Crippen molar-refractivity contribution in [2.75, 3.05) is 0 Å². The van der Waals surface area contributed by atoms with Gasteiger partial charge in [-0.05, 0) is 31.0 Å². The van der Waals surface area contributed by atoms with E-state index in [1.165, 1.54) is 19.1 Å². The van der Waals surface area contributed by atoms with Crippen LogP contribution in [0.2, 0.25) is 0 Å². The third kappa shape index (κ3) is 5.12. The molecule has 0 aromatic heterocycles. The molecule has 0 radical (unpaired) electrons. The first-order valence-corrected chi connectivity index (χ1v) is 9.95. The lowest BCUT2D eigenvalue weighted by molar-refractivity contribution is -0.123. The second-order valence-electron chi connectivity index (χ2n) is 6.03. The lowest BCUT2D eigenvalue weighted by Gasteiger charge is -2.21. The van der Waals surface area contributed by atoms with Crippen LogP contribution in [0.1, 0.15) is 38.3 Å². The first-order valence-electron chi connectivity index (χ1n) is 8.47. The maximum atomic E-state index is 13.7. The van der Waals surface area contributed by atoms with Crippen molar-refractivity contribution in [3.8, 4) is 0 Å². The van der Waals surface area contributed by atoms with E-state index in [2.05, 4.69) is 10.0 Å². The number of halogens is 1. The van der Waals surface area contributed by atoms with Gasteiger partial charge in [0.05, 0.1) is 12.1 Å². The molecule has 0 bridgehead atoms. The number of benzene rings is 2. The molecule has 0 heterocycles. The van der Waals surface area contributed by atoms with Gasteiger partial charge in [-0.1, -0.05) is 55.8 Å². The molecule has 26 heavy (non-hydrogen) atoms. The second-order valence-corrected chi connectivity index (χ2v) is 7.72. The van der Waals surface area contributed by atoms with Crippen LogP contribution < -0.4 is 10.0 Å². The van der Waals surface area contributed by atoms with E-state index < -0.39 is 32.7 Å². The minimum absolute atomic E-state index is 0.214. The van der Waals surface area contributed by atoms with Gasteiger partial charge in [-0.15, -0.1) is 0 Å². The lowest BCUT2D eigenvalue weighted by Crippen LogP contribution is -2.45. The monoisotopic (exact) mass is 378 g/mol. The van der Waals surface area contributed by atoms with Crippen molar-refractivity contribution in [1.29, 1.82) is 0 Å².